The zero-order valence-electron chi connectivity index (χ0n) is 8.51. The number of hydrogen-bond donors (Lipinski definition) is 1. The second-order valence-corrected chi connectivity index (χ2v) is 3.28. The molecule has 2 aromatic rings. The molecule has 2 heterocycles. The number of pyridine rings is 1. The van der Waals surface area contributed by atoms with Crippen LogP contribution >= 0.6 is 0 Å². The molecule has 2 rings (SSSR count). The van der Waals surface area contributed by atoms with E-state index < -0.39 is 0 Å². The zero-order chi connectivity index (χ0) is 10.7. The second-order valence-electron chi connectivity index (χ2n) is 3.28. The van der Waals surface area contributed by atoms with Gasteiger partial charge >= 0.3 is 0 Å². The summed E-state index contributed by atoms with van der Waals surface area (Å²) in [5, 5.41) is 0. The number of nitrogens with two attached hydrogens (primary N) is 1. The summed E-state index contributed by atoms with van der Waals surface area (Å²) in [5.41, 5.74) is 9.09. The van der Waals surface area contributed by atoms with Gasteiger partial charge in [0.1, 0.15) is 0 Å². The van der Waals surface area contributed by atoms with Crippen molar-refractivity contribution in [3.63, 3.8) is 0 Å². The molecular formula is C11H12N4. The summed E-state index contributed by atoms with van der Waals surface area (Å²) in [6, 6.07) is 3.89. The van der Waals surface area contributed by atoms with Gasteiger partial charge in [-0.15, -0.1) is 0 Å². The largest absolute Gasteiger partial charge is 0.325 e. The van der Waals surface area contributed by atoms with Crippen LogP contribution in [0.1, 0.15) is 11.4 Å². The van der Waals surface area contributed by atoms with Gasteiger partial charge in [-0.2, -0.15) is 0 Å². The highest BCUT2D eigenvalue weighted by Gasteiger charge is 2.00. The lowest BCUT2D eigenvalue weighted by Gasteiger charge is -2.01. The molecule has 0 saturated heterocycles. The van der Waals surface area contributed by atoms with Gasteiger partial charge in [0.05, 0.1) is 23.8 Å². The Kier molecular flexibility index (Phi) is 2.69. The number of aromatic nitrogens is 3. The van der Waals surface area contributed by atoms with Gasteiger partial charge < -0.3 is 5.73 Å². The van der Waals surface area contributed by atoms with E-state index >= 15 is 0 Å². The molecule has 0 spiro atoms. The van der Waals surface area contributed by atoms with E-state index in [-0.39, 0.29) is 0 Å². The van der Waals surface area contributed by atoms with Gasteiger partial charge in [-0.25, -0.2) is 0 Å². The lowest BCUT2D eigenvalue weighted by Crippen LogP contribution is -2.00. The Bertz CT molecular complexity index is 450. The fourth-order valence-corrected chi connectivity index (χ4v) is 1.31. The first-order valence-electron chi connectivity index (χ1n) is 4.73. The van der Waals surface area contributed by atoms with Crippen LogP contribution in [0, 0.1) is 6.92 Å². The Labute approximate surface area is 88.2 Å². The van der Waals surface area contributed by atoms with Crippen LogP contribution < -0.4 is 5.73 Å². The molecule has 2 aromatic heterocycles. The van der Waals surface area contributed by atoms with Crippen LogP contribution in [-0.2, 0) is 6.54 Å². The van der Waals surface area contributed by atoms with E-state index in [1.807, 2.05) is 19.1 Å². The Morgan fingerprint density at radius 2 is 2.07 bits per heavy atom. The van der Waals surface area contributed by atoms with Crippen molar-refractivity contribution >= 4 is 0 Å². The zero-order valence-corrected chi connectivity index (χ0v) is 8.51. The van der Waals surface area contributed by atoms with Crippen molar-refractivity contribution < 1.29 is 0 Å². The fourth-order valence-electron chi connectivity index (χ4n) is 1.31. The number of aryl methyl sites for hydroxylation is 1. The number of rotatable bonds is 2. The maximum Gasteiger partial charge on any atom is 0.0886 e. The fraction of sp³-hybridized carbons (Fsp3) is 0.182. The first kappa shape index (κ1) is 9.73. The van der Waals surface area contributed by atoms with Gasteiger partial charge in [0.15, 0.2) is 0 Å². The Morgan fingerprint density at radius 3 is 2.67 bits per heavy atom. The molecule has 76 valence electrons. The van der Waals surface area contributed by atoms with Crippen molar-refractivity contribution in [2.75, 3.05) is 0 Å². The highest BCUT2D eigenvalue weighted by molar-refractivity contribution is 5.57. The van der Waals surface area contributed by atoms with Crippen molar-refractivity contribution in [3.8, 4) is 11.3 Å². The summed E-state index contributed by atoms with van der Waals surface area (Å²) in [7, 11) is 0. The predicted octanol–water partition coefficient (Wildman–Crippen LogP) is 1.31. The van der Waals surface area contributed by atoms with Crippen LogP contribution in [0.2, 0.25) is 0 Å². The Balaban J connectivity index is 2.37. The summed E-state index contributed by atoms with van der Waals surface area (Å²) in [4.78, 5) is 12.6. The second kappa shape index (κ2) is 4.14. The lowest BCUT2D eigenvalue weighted by molar-refractivity contribution is 0.965. The van der Waals surface area contributed by atoms with Crippen LogP contribution in [-0.4, -0.2) is 15.0 Å². The van der Waals surface area contributed by atoms with E-state index in [4.69, 9.17) is 5.73 Å². The predicted molar refractivity (Wildman–Crippen MR) is 57.9 cm³/mol. The third-order valence-corrected chi connectivity index (χ3v) is 2.11. The minimum absolute atomic E-state index is 0.419. The third-order valence-electron chi connectivity index (χ3n) is 2.11. The number of hydrogen-bond acceptors (Lipinski definition) is 4. The van der Waals surface area contributed by atoms with Gasteiger partial charge in [0, 0.05) is 24.0 Å². The SMILES string of the molecule is Cc1cc(-c2cnc(CN)cn2)ccn1. The lowest BCUT2D eigenvalue weighted by atomic mass is 10.2. The molecule has 0 fully saturated rings. The minimum Gasteiger partial charge on any atom is -0.325 e. The van der Waals surface area contributed by atoms with Gasteiger partial charge in [-0.3, -0.25) is 15.0 Å². The average molecular weight is 200 g/mol. The molecule has 0 aliphatic heterocycles. The standard InChI is InChI=1S/C11H12N4/c1-8-4-9(2-3-13-8)11-7-14-10(5-12)6-15-11/h2-4,6-7H,5,12H2,1H3. The molecule has 4 nitrogen and oxygen atoms in total. The smallest absolute Gasteiger partial charge is 0.0886 e. The monoisotopic (exact) mass is 200 g/mol. The van der Waals surface area contributed by atoms with Crippen molar-refractivity contribution in [1.29, 1.82) is 0 Å². The average Bonchev–Trinajstić information content (AvgIpc) is 2.29. The van der Waals surface area contributed by atoms with Crippen LogP contribution in [0.4, 0.5) is 0 Å². The van der Waals surface area contributed by atoms with Crippen LogP contribution in [0.15, 0.2) is 30.7 Å². The van der Waals surface area contributed by atoms with Gasteiger partial charge in [-0.1, -0.05) is 0 Å². The summed E-state index contributed by atoms with van der Waals surface area (Å²) in [6.07, 6.45) is 5.20. The Morgan fingerprint density at radius 1 is 1.20 bits per heavy atom. The van der Waals surface area contributed by atoms with Crippen LogP contribution in [0.25, 0.3) is 11.3 Å². The molecule has 0 atom stereocenters. The molecule has 0 amide bonds. The minimum atomic E-state index is 0.419. The summed E-state index contributed by atoms with van der Waals surface area (Å²) >= 11 is 0. The summed E-state index contributed by atoms with van der Waals surface area (Å²) in [5.74, 6) is 0. The molecule has 4 heteroatoms. The first-order valence-corrected chi connectivity index (χ1v) is 4.73. The maximum atomic E-state index is 5.45. The normalized spacial score (nSPS) is 10.3. The van der Waals surface area contributed by atoms with Crippen LogP contribution in [0.5, 0.6) is 0 Å². The van der Waals surface area contributed by atoms with E-state index in [0.717, 1.165) is 22.6 Å². The highest BCUT2D eigenvalue weighted by Crippen LogP contribution is 2.15. The van der Waals surface area contributed by atoms with Gasteiger partial charge in [0.2, 0.25) is 0 Å². The molecular weight excluding hydrogens is 188 g/mol. The molecule has 2 N–H and O–H groups in total. The van der Waals surface area contributed by atoms with E-state index in [1.54, 1.807) is 18.6 Å². The molecule has 0 bridgehead atoms. The van der Waals surface area contributed by atoms with Crippen molar-refractivity contribution in [2.24, 2.45) is 5.73 Å². The van der Waals surface area contributed by atoms with Crippen molar-refractivity contribution in [3.05, 3.63) is 42.1 Å². The van der Waals surface area contributed by atoms with E-state index in [0.29, 0.717) is 6.54 Å². The van der Waals surface area contributed by atoms with E-state index in [1.165, 1.54) is 0 Å². The van der Waals surface area contributed by atoms with Crippen LogP contribution in [0.3, 0.4) is 0 Å². The van der Waals surface area contributed by atoms with E-state index in [9.17, 15) is 0 Å². The van der Waals surface area contributed by atoms with E-state index in [2.05, 4.69) is 15.0 Å². The van der Waals surface area contributed by atoms with Crippen molar-refractivity contribution in [1.82, 2.24) is 15.0 Å². The summed E-state index contributed by atoms with van der Waals surface area (Å²) in [6.45, 7) is 2.37. The van der Waals surface area contributed by atoms with Gasteiger partial charge in [0.25, 0.3) is 0 Å². The molecule has 0 saturated carbocycles. The molecule has 0 aromatic carbocycles. The first-order chi connectivity index (χ1) is 7.29. The quantitative estimate of drug-likeness (QED) is 0.793. The van der Waals surface area contributed by atoms with Gasteiger partial charge in [-0.05, 0) is 19.1 Å². The topological polar surface area (TPSA) is 64.7 Å². The van der Waals surface area contributed by atoms with Crippen molar-refractivity contribution in [2.45, 2.75) is 13.5 Å². The summed E-state index contributed by atoms with van der Waals surface area (Å²) < 4.78 is 0. The third kappa shape index (κ3) is 2.16. The molecule has 0 radical (unpaired) electrons. The molecule has 0 unspecified atom stereocenters. The molecule has 0 aliphatic rings. The molecule has 0 aliphatic carbocycles. The maximum absolute atomic E-state index is 5.45. The Hall–Kier alpha value is -1.81. The number of nitrogens with zero attached hydrogens (tertiary/aromatic N) is 3. The highest BCUT2D eigenvalue weighted by atomic mass is 14.8. The molecule has 15 heavy (non-hydrogen) atoms.